The Morgan fingerprint density at radius 2 is 1.84 bits per heavy atom. The van der Waals surface area contributed by atoms with Crippen molar-refractivity contribution < 1.29 is 19.1 Å². The van der Waals surface area contributed by atoms with E-state index in [1.807, 2.05) is 31.2 Å². The van der Waals surface area contributed by atoms with Crippen molar-refractivity contribution in [2.45, 2.75) is 33.6 Å². The molecule has 0 saturated carbocycles. The van der Waals surface area contributed by atoms with Crippen LogP contribution in [-0.4, -0.2) is 43.6 Å². The summed E-state index contributed by atoms with van der Waals surface area (Å²) in [5.41, 5.74) is 0.925. The van der Waals surface area contributed by atoms with Crippen molar-refractivity contribution in [1.29, 1.82) is 0 Å². The Balaban J connectivity index is 2.69. The van der Waals surface area contributed by atoms with Gasteiger partial charge < -0.3 is 14.4 Å². The highest BCUT2D eigenvalue weighted by molar-refractivity contribution is 5.92. The van der Waals surface area contributed by atoms with E-state index in [2.05, 4.69) is 18.6 Å². The molecule has 0 atom stereocenters. The monoisotopic (exact) mass is 347 g/mol. The van der Waals surface area contributed by atoms with Crippen LogP contribution in [0.1, 0.15) is 39.2 Å². The first-order chi connectivity index (χ1) is 12.0. The number of methoxy groups -OCH3 is 1. The Morgan fingerprint density at radius 3 is 2.40 bits per heavy atom. The quantitative estimate of drug-likeness (QED) is 0.480. The van der Waals surface area contributed by atoms with Crippen molar-refractivity contribution in [3.63, 3.8) is 0 Å². The second-order valence-electron chi connectivity index (χ2n) is 6.17. The molecule has 0 bridgehead atoms. The maximum atomic E-state index is 12.5. The van der Waals surface area contributed by atoms with E-state index in [4.69, 9.17) is 4.74 Å². The van der Waals surface area contributed by atoms with Gasteiger partial charge in [0, 0.05) is 19.2 Å². The highest BCUT2D eigenvalue weighted by Gasteiger charge is 2.13. The summed E-state index contributed by atoms with van der Waals surface area (Å²) in [5.74, 6) is 0.891. The molecule has 0 unspecified atom stereocenters. The number of carbonyl (C=O) groups excluding carboxylic acids is 2. The Hall–Kier alpha value is -2.30. The van der Waals surface area contributed by atoms with Crippen LogP contribution in [-0.2, 0) is 14.3 Å². The fourth-order valence-electron chi connectivity index (χ4n) is 2.19. The molecule has 0 aliphatic carbocycles. The number of nitrogens with zero attached hydrogens (tertiary/aromatic N) is 1. The van der Waals surface area contributed by atoms with Gasteiger partial charge in [-0.1, -0.05) is 26.0 Å². The van der Waals surface area contributed by atoms with Gasteiger partial charge in [0.1, 0.15) is 5.75 Å². The average molecular weight is 347 g/mol. The second kappa shape index (κ2) is 11.3. The smallest absolute Gasteiger partial charge is 0.307 e. The molecule has 5 heteroatoms. The van der Waals surface area contributed by atoms with Crippen LogP contribution >= 0.6 is 0 Å². The summed E-state index contributed by atoms with van der Waals surface area (Å²) in [5, 5.41) is 0. The third-order valence-electron chi connectivity index (χ3n) is 3.71. The zero-order valence-corrected chi connectivity index (χ0v) is 15.7. The predicted molar refractivity (Wildman–Crippen MR) is 99.3 cm³/mol. The predicted octanol–water partition coefficient (Wildman–Crippen LogP) is 3.54. The molecule has 138 valence electrons. The first kappa shape index (κ1) is 20.7. The third-order valence-corrected chi connectivity index (χ3v) is 3.71. The van der Waals surface area contributed by atoms with Crippen LogP contribution in [0.4, 0.5) is 0 Å². The van der Waals surface area contributed by atoms with Gasteiger partial charge in [-0.2, -0.15) is 0 Å². The number of benzene rings is 1. The number of esters is 1. The van der Waals surface area contributed by atoms with E-state index in [-0.39, 0.29) is 18.3 Å². The van der Waals surface area contributed by atoms with E-state index in [0.29, 0.717) is 25.6 Å². The largest absolute Gasteiger partial charge is 0.494 e. The molecule has 0 radical (unpaired) electrons. The summed E-state index contributed by atoms with van der Waals surface area (Å²) in [6.45, 7) is 7.77. The number of hydrogen-bond donors (Lipinski definition) is 0. The summed E-state index contributed by atoms with van der Waals surface area (Å²) >= 11 is 0. The van der Waals surface area contributed by atoms with Crippen LogP contribution in [0.15, 0.2) is 30.3 Å². The standard InChI is InChI=1S/C20H29NO4/c1-5-25-18-9-6-17(7-10-18)8-11-19(22)21(14-12-16(2)3)15-13-20(23)24-4/h6-11,16H,5,12-15H2,1-4H3/b11-8+. The van der Waals surface area contributed by atoms with Gasteiger partial charge in [-0.25, -0.2) is 0 Å². The summed E-state index contributed by atoms with van der Waals surface area (Å²) < 4.78 is 10.1. The van der Waals surface area contributed by atoms with Crippen LogP contribution in [0.2, 0.25) is 0 Å². The lowest BCUT2D eigenvalue weighted by atomic mass is 10.1. The summed E-state index contributed by atoms with van der Waals surface area (Å²) in [6, 6.07) is 7.56. The Labute approximate surface area is 150 Å². The Morgan fingerprint density at radius 1 is 1.16 bits per heavy atom. The number of rotatable bonds is 10. The Bertz CT molecular complexity index is 564. The zero-order chi connectivity index (χ0) is 18.7. The highest BCUT2D eigenvalue weighted by Crippen LogP contribution is 2.13. The number of amides is 1. The SMILES string of the molecule is CCOc1ccc(/C=C/C(=O)N(CCC(=O)OC)CCC(C)C)cc1. The first-order valence-corrected chi connectivity index (χ1v) is 8.73. The van der Waals surface area contributed by atoms with Gasteiger partial charge in [-0.15, -0.1) is 0 Å². The second-order valence-corrected chi connectivity index (χ2v) is 6.17. The molecule has 0 aliphatic rings. The minimum Gasteiger partial charge on any atom is -0.494 e. The number of hydrogen-bond acceptors (Lipinski definition) is 4. The van der Waals surface area contributed by atoms with Gasteiger partial charge in [0.2, 0.25) is 5.91 Å². The lowest BCUT2D eigenvalue weighted by molar-refractivity contribution is -0.141. The van der Waals surface area contributed by atoms with Crippen LogP contribution < -0.4 is 4.74 Å². The highest BCUT2D eigenvalue weighted by atomic mass is 16.5. The molecule has 1 aromatic rings. The average Bonchev–Trinajstić information content (AvgIpc) is 2.60. The molecule has 0 saturated heterocycles. The van der Waals surface area contributed by atoms with Crippen LogP contribution in [0.25, 0.3) is 6.08 Å². The molecule has 0 fully saturated rings. The van der Waals surface area contributed by atoms with Gasteiger partial charge in [0.15, 0.2) is 0 Å². The molecule has 1 rings (SSSR count). The Kier molecular flexibility index (Phi) is 9.37. The number of carbonyl (C=O) groups is 2. The molecule has 0 heterocycles. The molecule has 0 aromatic heterocycles. The van der Waals surface area contributed by atoms with E-state index in [9.17, 15) is 9.59 Å². The van der Waals surface area contributed by atoms with Crippen molar-refractivity contribution >= 4 is 18.0 Å². The minimum absolute atomic E-state index is 0.0987. The lowest BCUT2D eigenvalue weighted by Crippen LogP contribution is -2.33. The molecule has 0 N–H and O–H groups in total. The third kappa shape index (κ3) is 8.38. The molecule has 0 aliphatic heterocycles. The van der Waals surface area contributed by atoms with E-state index in [0.717, 1.165) is 17.7 Å². The lowest BCUT2D eigenvalue weighted by Gasteiger charge is -2.21. The van der Waals surface area contributed by atoms with Crippen molar-refractivity contribution in [2.24, 2.45) is 5.92 Å². The summed E-state index contributed by atoms with van der Waals surface area (Å²) in [6.07, 6.45) is 4.42. The van der Waals surface area contributed by atoms with Crippen LogP contribution in [0.3, 0.4) is 0 Å². The number of ether oxygens (including phenoxy) is 2. The topological polar surface area (TPSA) is 55.8 Å². The van der Waals surface area contributed by atoms with Crippen molar-refractivity contribution in [2.75, 3.05) is 26.8 Å². The van der Waals surface area contributed by atoms with Crippen molar-refractivity contribution in [3.05, 3.63) is 35.9 Å². The van der Waals surface area contributed by atoms with E-state index >= 15 is 0 Å². The van der Waals surface area contributed by atoms with Gasteiger partial charge in [-0.3, -0.25) is 9.59 Å². The fraction of sp³-hybridized carbons (Fsp3) is 0.500. The summed E-state index contributed by atoms with van der Waals surface area (Å²) in [7, 11) is 1.36. The zero-order valence-electron chi connectivity index (χ0n) is 15.7. The van der Waals surface area contributed by atoms with E-state index < -0.39 is 0 Å². The summed E-state index contributed by atoms with van der Waals surface area (Å²) in [4.78, 5) is 25.5. The van der Waals surface area contributed by atoms with Gasteiger partial charge in [0.25, 0.3) is 0 Å². The van der Waals surface area contributed by atoms with Crippen molar-refractivity contribution in [1.82, 2.24) is 4.90 Å². The molecule has 1 amide bonds. The van der Waals surface area contributed by atoms with Crippen LogP contribution in [0, 0.1) is 5.92 Å². The van der Waals surface area contributed by atoms with Gasteiger partial charge in [-0.05, 0) is 43.0 Å². The van der Waals surface area contributed by atoms with Gasteiger partial charge in [0.05, 0.1) is 20.1 Å². The maximum Gasteiger partial charge on any atom is 0.307 e. The van der Waals surface area contributed by atoms with E-state index in [1.54, 1.807) is 17.1 Å². The fourth-order valence-corrected chi connectivity index (χ4v) is 2.19. The van der Waals surface area contributed by atoms with Gasteiger partial charge >= 0.3 is 5.97 Å². The van der Waals surface area contributed by atoms with Crippen molar-refractivity contribution in [3.8, 4) is 5.75 Å². The first-order valence-electron chi connectivity index (χ1n) is 8.73. The molecular weight excluding hydrogens is 318 g/mol. The molecule has 25 heavy (non-hydrogen) atoms. The molecule has 1 aromatic carbocycles. The normalized spacial score (nSPS) is 10.9. The van der Waals surface area contributed by atoms with E-state index in [1.165, 1.54) is 7.11 Å². The van der Waals surface area contributed by atoms with Crippen LogP contribution in [0.5, 0.6) is 5.75 Å². The minimum atomic E-state index is -0.308. The molecular formula is C20H29NO4. The molecule has 0 spiro atoms. The maximum absolute atomic E-state index is 12.5. The molecule has 5 nitrogen and oxygen atoms in total.